The van der Waals surface area contributed by atoms with E-state index in [0.717, 1.165) is 18.0 Å². The number of nitrogens with zero attached hydrogens (tertiary/aromatic N) is 2. The standard InChI is InChI=1S/C13H21N3O2S/c1-17-12-11(13(18-2)16-9-15-12)8-14-7-10-3-5-19-6-4-10/h9-10,14H,3-8H2,1-2H3. The minimum atomic E-state index is 0.582. The quantitative estimate of drug-likeness (QED) is 0.858. The van der Waals surface area contributed by atoms with Gasteiger partial charge in [-0.25, -0.2) is 9.97 Å². The molecule has 1 N–H and O–H groups in total. The summed E-state index contributed by atoms with van der Waals surface area (Å²) >= 11 is 2.05. The minimum Gasteiger partial charge on any atom is -0.481 e. The molecule has 2 rings (SSSR count). The van der Waals surface area contributed by atoms with Gasteiger partial charge in [-0.15, -0.1) is 0 Å². The zero-order valence-corrected chi connectivity index (χ0v) is 12.3. The third kappa shape index (κ3) is 3.98. The Kier molecular flexibility index (Phi) is 5.72. The summed E-state index contributed by atoms with van der Waals surface area (Å²) in [6, 6.07) is 0. The van der Waals surface area contributed by atoms with E-state index in [1.807, 2.05) is 0 Å². The molecule has 2 heterocycles. The molecule has 0 spiro atoms. The predicted octanol–water partition coefficient (Wildman–Crippen LogP) is 1.73. The maximum atomic E-state index is 5.26. The second kappa shape index (κ2) is 7.55. The summed E-state index contributed by atoms with van der Waals surface area (Å²) in [5.41, 5.74) is 0.887. The van der Waals surface area contributed by atoms with Crippen molar-refractivity contribution in [3.05, 3.63) is 11.9 Å². The van der Waals surface area contributed by atoms with Gasteiger partial charge in [0.1, 0.15) is 6.33 Å². The third-order valence-electron chi connectivity index (χ3n) is 3.33. The second-order valence-electron chi connectivity index (χ2n) is 4.56. The topological polar surface area (TPSA) is 56.3 Å². The molecule has 6 heteroatoms. The van der Waals surface area contributed by atoms with E-state index in [-0.39, 0.29) is 0 Å². The molecule has 0 radical (unpaired) electrons. The van der Waals surface area contributed by atoms with E-state index in [1.165, 1.54) is 30.7 Å². The molecule has 0 atom stereocenters. The second-order valence-corrected chi connectivity index (χ2v) is 5.78. The highest BCUT2D eigenvalue weighted by molar-refractivity contribution is 7.99. The monoisotopic (exact) mass is 283 g/mol. The molecular formula is C13H21N3O2S. The molecular weight excluding hydrogens is 262 g/mol. The first-order valence-corrected chi connectivity index (χ1v) is 7.71. The molecule has 5 nitrogen and oxygen atoms in total. The molecule has 0 amide bonds. The van der Waals surface area contributed by atoms with Gasteiger partial charge in [0.15, 0.2) is 0 Å². The zero-order valence-electron chi connectivity index (χ0n) is 11.5. The fourth-order valence-electron chi connectivity index (χ4n) is 2.24. The smallest absolute Gasteiger partial charge is 0.224 e. The molecule has 1 aliphatic rings. The van der Waals surface area contributed by atoms with Crippen LogP contribution >= 0.6 is 11.8 Å². The molecule has 0 saturated carbocycles. The Morgan fingerprint density at radius 1 is 1.21 bits per heavy atom. The number of ether oxygens (including phenoxy) is 2. The first-order chi connectivity index (χ1) is 9.35. The van der Waals surface area contributed by atoms with Crippen LogP contribution in [0.1, 0.15) is 18.4 Å². The predicted molar refractivity (Wildman–Crippen MR) is 76.9 cm³/mol. The van der Waals surface area contributed by atoms with Crippen molar-refractivity contribution in [1.82, 2.24) is 15.3 Å². The highest BCUT2D eigenvalue weighted by Crippen LogP contribution is 2.24. The maximum Gasteiger partial charge on any atom is 0.224 e. The Morgan fingerprint density at radius 3 is 2.42 bits per heavy atom. The van der Waals surface area contributed by atoms with Gasteiger partial charge in [-0.05, 0) is 36.8 Å². The van der Waals surface area contributed by atoms with Crippen molar-refractivity contribution >= 4 is 11.8 Å². The zero-order chi connectivity index (χ0) is 13.5. The molecule has 0 aliphatic carbocycles. The normalized spacial score (nSPS) is 16.3. The van der Waals surface area contributed by atoms with Crippen molar-refractivity contribution < 1.29 is 9.47 Å². The van der Waals surface area contributed by atoms with Gasteiger partial charge in [0.25, 0.3) is 0 Å². The van der Waals surface area contributed by atoms with Crippen LogP contribution in [-0.4, -0.2) is 42.2 Å². The van der Waals surface area contributed by atoms with Crippen molar-refractivity contribution in [2.45, 2.75) is 19.4 Å². The van der Waals surface area contributed by atoms with Gasteiger partial charge in [0.2, 0.25) is 11.8 Å². The Balaban J connectivity index is 1.90. The van der Waals surface area contributed by atoms with Crippen molar-refractivity contribution in [2.75, 3.05) is 32.3 Å². The molecule has 0 aromatic carbocycles. The number of thioether (sulfide) groups is 1. The van der Waals surface area contributed by atoms with Crippen LogP contribution in [0.25, 0.3) is 0 Å². The van der Waals surface area contributed by atoms with Crippen molar-refractivity contribution in [3.8, 4) is 11.8 Å². The molecule has 19 heavy (non-hydrogen) atoms. The van der Waals surface area contributed by atoms with Crippen LogP contribution in [0, 0.1) is 5.92 Å². The Labute approximate surface area is 118 Å². The summed E-state index contributed by atoms with van der Waals surface area (Å²) in [6.07, 6.45) is 4.06. The van der Waals surface area contributed by atoms with Gasteiger partial charge >= 0.3 is 0 Å². The number of methoxy groups -OCH3 is 2. The summed E-state index contributed by atoms with van der Waals surface area (Å²) in [5, 5.41) is 3.47. The van der Waals surface area contributed by atoms with Crippen molar-refractivity contribution in [2.24, 2.45) is 5.92 Å². The number of hydrogen-bond donors (Lipinski definition) is 1. The van der Waals surface area contributed by atoms with Gasteiger partial charge in [-0.1, -0.05) is 0 Å². The van der Waals surface area contributed by atoms with Crippen LogP contribution in [0.4, 0.5) is 0 Å². The number of rotatable bonds is 6. The van der Waals surface area contributed by atoms with Crippen LogP contribution in [0.5, 0.6) is 11.8 Å². The van der Waals surface area contributed by atoms with Crippen molar-refractivity contribution in [3.63, 3.8) is 0 Å². The van der Waals surface area contributed by atoms with E-state index in [1.54, 1.807) is 14.2 Å². The van der Waals surface area contributed by atoms with Gasteiger partial charge in [-0.2, -0.15) is 11.8 Å². The largest absolute Gasteiger partial charge is 0.481 e. The van der Waals surface area contributed by atoms with Crippen LogP contribution in [-0.2, 0) is 6.54 Å². The number of nitrogens with one attached hydrogen (secondary N) is 1. The van der Waals surface area contributed by atoms with Crippen LogP contribution in [0.15, 0.2) is 6.33 Å². The molecule has 1 aromatic rings. The maximum absolute atomic E-state index is 5.26. The van der Waals surface area contributed by atoms with Gasteiger partial charge in [0.05, 0.1) is 19.8 Å². The Bertz CT molecular complexity index is 375. The van der Waals surface area contributed by atoms with E-state index in [4.69, 9.17) is 9.47 Å². The third-order valence-corrected chi connectivity index (χ3v) is 4.38. The average Bonchev–Trinajstić information content (AvgIpc) is 2.48. The van der Waals surface area contributed by atoms with E-state index >= 15 is 0 Å². The fourth-order valence-corrected chi connectivity index (χ4v) is 3.44. The van der Waals surface area contributed by atoms with Gasteiger partial charge in [-0.3, -0.25) is 0 Å². The molecule has 1 aromatic heterocycles. The lowest BCUT2D eigenvalue weighted by atomic mass is 10.0. The highest BCUT2D eigenvalue weighted by atomic mass is 32.2. The van der Waals surface area contributed by atoms with E-state index in [2.05, 4.69) is 27.0 Å². The lowest BCUT2D eigenvalue weighted by Gasteiger charge is -2.21. The average molecular weight is 283 g/mol. The van der Waals surface area contributed by atoms with E-state index in [0.29, 0.717) is 18.3 Å². The number of hydrogen-bond acceptors (Lipinski definition) is 6. The van der Waals surface area contributed by atoms with Gasteiger partial charge in [0, 0.05) is 6.54 Å². The van der Waals surface area contributed by atoms with Gasteiger partial charge < -0.3 is 14.8 Å². The van der Waals surface area contributed by atoms with Crippen molar-refractivity contribution in [1.29, 1.82) is 0 Å². The van der Waals surface area contributed by atoms with E-state index in [9.17, 15) is 0 Å². The SMILES string of the molecule is COc1ncnc(OC)c1CNCC1CCSCC1. The van der Waals surface area contributed by atoms with E-state index < -0.39 is 0 Å². The fraction of sp³-hybridized carbons (Fsp3) is 0.692. The Morgan fingerprint density at radius 2 is 1.84 bits per heavy atom. The Hall–Kier alpha value is -1.01. The van der Waals surface area contributed by atoms with Crippen LogP contribution in [0.3, 0.4) is 0 Å². The molecule has 106 valence electrons. The minimum absolute atomic E-state index is 0.582. The summed E-state index contributed by atoms with van der Waals surface area (Å²) in [6.45, 7) is 1.71. The summed E-state index contributed by atoms with van der Waals surface area (Å²) in [5.74, 6) is 4.51. The van der Waals surface area contributed by atoms with Crippen LogP contribution in [0.2, 0.25) is 0 Å². The number of aromatic nitrogens is 2. The van der Waals surface area contributed by atoms with Crippen LogP contribution < -0.4 is 14.8 Å². The first-order valence-electron chi connectivity index (χ1n) is 6.55. The lowest BCUT2D eigenvalue weighted by Crippen LogP contribution is -2.25. The first kappa shape index (κ1) is 14.4. The molecule has 1 saturated heterocycles. The lowest BCUT2D eigenvalue weighted by molar-refractivity contribution is 0.356. The summed E-state index contributed by atoms with van der Waals surface area (Å²) in [4.78, 5) is 8.23. The summed E-state index contributed by atoms with van der Waals surface area (Å²) < 4.78 is 10.5. The summed E-state index contributed by atoms with van der Waals surface area (Å²) in [7, 11) is 3.23. The molecule has 0 unspecified atom stereocenters. The molecule has 1 aliphatic heterocycles. The molecule has 1 fully saturated rings. The highest BCUT2D eigenvalue weighted by Gasteiger charge is 2.15. The molecule has 0 bridgehead atoms.